The summed E-state index contributed by atoms with van der Waals surface area (Å²) in [5.74, 6) is 4.94. The van der Waals surface area contributed by atoms with Crippen LogP contribution in [0, 0.1) is 18.8 Å². The fraction of sp³-hybridized carbons (Fsp3) is 0.154. The predicted molar refractivity (Wildman–Crippen MR) is 73.0 cm³/mol. The van der Waals surface area contributed by atoms with Crippen molar-refractivity contribution in [3.63, 3.8) is 0 Å². The normalized spacial score (nSPS) is 9.58. The quantitative estimate of drug-likeness (QED) is 0.812. The van der Waals surface area contributed by atoms with Crippen molar-refractivity contribution in [3.05, 3.63) is 40.7 Å². The molecule has 0 fully saturated rings. The van der Waals surface area contributed by atoms with Gasteiger partial charge in [-0.05, 0) is 19.1 Å². The molecule has 0 radical (unpaired) electrons. The molecule has 0 saturated heterocycles. The number of thiazole rings is 1. The molecule has 6 heteroatoms. The molecule has 0 atom stereocenters. The topological polar surface area (TPSA) is 75.1 Å². The third-order valence-corrected chi connectivity index (χ3v) is 2.97. The Morgan fingerprint density at radius 3 is 3.11 bits per heavy atom. The van der Waals surface area contributed by atoms with E-state index in [1.165, 1.54) is 11.3 Å². The van der Waals surface area contributed by atoms with Gasteiger partial charge in [0.05, 0.1) is 11.1 Å². The summed E-state index contributed by atoms with van der Waals surface area (Å²) in [6.45, 7) is 1.62. The van der Waals surface area contributed by atoms with Crippen molar-refractivity contribution in [2.45, 2.75) is 6.92 Å². The van der Waals surface area contributed by atoms with Crippen molar-refractivity contribution < 1.29 is 9.90 Å². The SMILES string of the molecule is Cc1cccc(C(=O)Nc2ncc(C#CCO)s2)n1. The summed E-state index contributed by atoms with van der Waals surface area (Å²) in [6, 6.07) is 5.24. The molecule has 0 unspecified atom stereocenters. The molecular formula is C13H11N3O2S. The molecule has 5 nitrogen and oxygen atoms in total. The van der Waals surface area contributed by atoms with Crippen LogP contribution in [0.15, 0.2) is 24.4 Å². The van der Waals surface area contributed by atoms with Gasteiger partial charge in [0.2, 0.25) is 0 Å². The number of aliphatic hydroxyl groups excluding tert-OH is 1. The first-order valence-corrected chi connectivity index (χ1v) is 6.31. The van der Waals surface area contributed by atoms with Gasteiger partial charge < -0.3 is 5.11 Å². The Morgan fingerprint density at radius 1 is 1.53 bits per heavy atom. The van der Waals surface area contributed by atoms with Gasteiger partial charge in [0.15, 0.2) is 5.13 Å². The van der Waals surface area contributed by atoms with E-state index >= 15 is 0 Å². The third kappa shape index (κ3) is 3.61. The molecule has 2 N–H and O–H groups in total. The van der Waals surface area contributed by atoms with Gasteiger partial charge in [-0.3, -0.25) is 10.1 Å². The van der Waals surface area contributed by atoms with Crippen molar-refractivity contribution in [1.29, 1.82) is 0 Å². The van der Waals surface area contributed by atoms with Crippen LogP contribution >= 0.6 is 11.3 Å². The molecule has 0 bridgehead atoms. The first-order chi connectivity index (χ1) is 9.19. The van der Waals surface area contributed by atoms with E-state index < -0.39 is 0 Å². The molecule has 0 saturated carbocycles. The zero-order valence-electron chi connectivity index (χ0n) is 10.2. The lowest BCUT2D eigenvalue weighted by Gasteiger charge is -2.01. The highest BCUT2D eigenvalue weighted by Gasteiger charge is 2.09. The summed E-state index contributed by atoms with van der Waals surface area (Å²) in [4.78, 5) is 20.7. The van der Waals surface area contributed by atoms with E-state index in [-0.39, 0.29) is 12.5 Å². The molecule has 2 aromatic rings. The Hall–Kier alpha value is -2.23. The molecule has 0 spiro atoms. The smallest absolute Gasteiger partial charge is 0.276 e. The average Bonchev–Trinajstić information content (AvgIpc) is 2.84. The van der Waals surface area contributed by atoms with E-state index in [9.17, 15) is 4.79 Å². The zero-order chi connectivity index (χ0) is 13.7. The molecular weight excluding hydrogens is 262 g/mol. The van der Waals surface area contributed by atoms with Gasteiger partial charge in [0, 0.05) is 5.69 Å². The van der Waals surface area contributed by atoms with E-state index in [0.717, 1.165) is 5.69 Å². The molecule has 2 aromatic heterocycles. The molecule has 0 aliphatic heterocycles. The predicted octanol–water partition coefficient (Wildman–Crippen LogP) is 1.44. The van der Waals surface area contributed by atoms with E-state index in [4.69, 9.17) is 5.11 Å². The highest BCUT2D eigenvalue weighted by Crippen LogP contribution is 2.17. The van der Waals surface area contributed by atoms with E-state index in [1.807, 2.05) is 13.0 Å². The second-order valence-electron chi connectivity index (χ2n) is 3.61. The van der Waals surface area contributed by atoms with Crippen LogP contribution < -0.4 is 5.32 Å². The van der Waals surface area contributed by atoms with Crippen LogP contribution in [-0.4, -0.2) is 27.6 Å². The van der Waals surface area contributed by atoms with Crippen LogP contribution in [0.25, 0.3) is 0 Å². The highest BCUT2D eigenvalue weighted by atomic mass is 32.1. The first kappa shape index (κ1) is 13.2. The second kappa shape index (κ2) is 6.09. The van der Waals surface area contributed by atoms with Crippen molar-refractivity contribution in [2.75, 3.05) is 11.9 Å². The van der Waals surface area contributed by atoms with E-state index in [1.54, 1.807) is 18.3 Å². The lowest BCUT2D eigenvalue weighted by atomic mass is 10.3. The van der Waals surface area contributed by atoms with Crippen molar-refractivity contribution in [2.24, 2.45) is 0 Å². The van der Waals surface area contributed by atoms with Crippen LogP contribution in [0.5, 0.6) is 0 Å². The number of nitrogens with zero attached hydrogens (tertiary/aromatic N) is 2. The van der Waals surface area contributed by atoms with E-state index in [2.05, 4.69) is 27.1 Å². The van der Waals surface area contributed by atoms with Gasteiger partial charge >= 0.3 is 0 Å². The number of hydrogen-bond acceptors (Lipinski definition) is 5. The van der Waals surface area contributed by atoms with Gasteiger partial charge in [-0.25, -0.2) is 9.97 Å². The van der Waals surface area contributed by atoms with Crippen LogP contribution in [0.1, 0.15) is 21.1 Å². The molecule has 0 aliphatic rings. The monoisotopic (exact) mass is 273 g/mol. The largest absolute Gasteiger partial charge is 0.384 e. The Morgan fingerprint density at radius 2 is 2.37 bits per heavy atom. The molecule has 2 rings (SSSR count). The number of amides is 1. The van der Waals surface area contributed by atoms with Crippen molar-refractivity contribution in [1.82, 2.24) is 9.97 Å². The Labute approximate surface area is 114 Å². The van der Waals surface area contributed by atoms with Crippen LogP contribution in [-0.2, 0) is 0 Å². The number of carbonyl (C=O) groups excluding carboxylic acids is 1. The minimum Gasteiger partial charge on any atom is -0.384 e. The first-order valence-electron chi connectivity index (χ1n) is 5.49. The maximum atomic E-state index is 11.9. The number of carbonyl (C=O) groups is 1. The number of anilines is 1. The standard InChI is InChI=1S/C13H11N3O2S/c1-9-4-2-6-11(15-9)12(18)16-13-14-8-10(19-13)5-3-7-17/h2,4,6,8,17H,7H2,1H3,(H,14,16,18). The molecule has 1 amide bonds. The highest BCUT2D eigenvalue weighted by molar-refractivity contribution is 7.16. The summed E-state index contributed by atoms with van der Waals surface area (Å²) in [5, 5.41) is 11.7. The molecule has 2 heterocycles. The number of rotatable bonds is 2. The second-order valence-corrected chi connectivity index (χ2v) is 4.64. The van der Waals surface area contributed by atoms with Gasteiger partial charge in [-0.1, -0.05) is 29.2 Å². The fourth-order valence-electron chi connectivity index (χ4n) is 1.35. The van der Waals surface area contributed by atoms with Crippen molar-refractivity contribution >= 4 is 22.4 Å². The van der Waals surface area contributed by atoms with Gasteiger partial charge in [0.1, 0.15) is 12.3 Å². The zero-order valence-corrected chi connectivity index (χ0v) is 11.0. The minimum atomic E-state index is -0.306. The van der Waals surface area contributed by atoms with Gasteiger partial charge in [-0.2, -0.15) is 0 Å². The number of pyridine rings is 1. The van der Waals surface area contributed by atoms with Crippen LogP contribution in [0.4, 0.5) is 5.13 Å². The van der Waals surface area contributed by atoms with Crippen LogP contribution in [0.2, 0.25) is 0 Å². The molecule has 0 aliphatic carbocycles. The fourth-order valence-corrected chi connectivity index (χ4v) is 2.03. The average molecular weight is 273 g/mol. The van der Waals surface area contributed by atoms with E-state index in [0.29, 0.717) is 15.7 Å². The Kier molecular flexibility index (Phi) is 4.23. The Balaban J connectivity index is 2.09. The molecule has 0 aromatic carbocycles. The summed E-state index contributed by atoms with van der Waals surface area (Å²) in [5.41, 5.74) is 1.12. The lowest BCUT2D eigenvalue weighted by molar-refractivity contribution is 0.102. The molecule has 19 heavy (non-hydrogen) atoms. The minimum absolute atomic E-state index is 0.202. The van der Waals surface area contributed by atoms with Crippen molar-refractivity contribution in [3.8, 4) is 11.8 Å². The lowest BCUT2D eigenvalue weighted by Crippen LogP contribution is -2.13. The molecule has 96 valence electrons. The van der Waals surface area contributed by atoms with Crippen LogP contribution in [0.3, 0.4) is 0 Å². The number of aliphatic hydroxyl groups is 1. The van der Waals surface area contributed by atoms with Gasteiger partial charge in [-0.15, -0.1) is 0 Å². The maximum Gasteiger partial charge on any atom is 0.276 e. The third-order valence-electron chi connectivity index (χ3n) is 2.14. The number of aryl methyl sites for hydroxylation is 1. The number of hydrogen-bond donors (Lipinski definition) is 2. The maximum absolute atomic E-state index is 11.9. The van der Waals surface area contributed by atoms with Gasteiger partial charge in [0.25, 0.3) is 5.91 Å². The summed E-state index contributed by atoms with van der Waals surface area (Å²) in [6.07, 6.45) is 1.55. The summed E-state index contributed by atoms with van der Waals surface area (Å²) >= 11 is 1.24. The number of aromatic nitrogens is 2. The Bertz CT molecular complexity index is 655. The summed E-state index contributed by atoms with van der Waals surface area (Å²) < 4.78 is 0. The number of nitrogens with one attached hydrogen (secondary N) is 1. The summed E-state index contributed by atoms with van der Waals surface area (Å²) in [7, 11) is 0.